The third-order valence-corrected chi connectivity index (χ3v) is 2.43. The van der Waals surface area contributed by atoms with Crippen LogP contribution in [0.15, 0.2) is 24.8 Å². The summed E-state index contributed by atoms with van der Waals surface area (Å²) in [4.78, 5) is 22.3. The Kier molecular flexibility index (Phi) is 5.52. The Morgan fingerprint density at radius 2 is 2.20 bits per heavy atom. The second-order valence-corrected chi connectivity index (χ2v) is 3.71. The molecule has 0 heterocycles. The second kappa shape index (κ2) is 7.13. The van der Waals surface area contributed by atoms with Gasteiger partial charge < -0.3 is 14.8 Å². The smallest absolute Gasteiger partial charge is 0.286 e. The van der Waals surface area contributed by atoms with E-state index < -0.39 is 10.8 Å². The fourth-order valence-electron chi connectivity index (χ4n) is 1.57. The van der Waals surface area contributed by atoms with Crippen molar-refractivity contribution in [2.45, 2.75) is 6.92 Å². The summed E-state index contributed by atoms with van der Waals surface area (Å²) in [6.45, 7) is 5.79. The van der Waals surface area contributed by atoms with Gasteiger partial charge in [-0.3, -0.25) is 14.9 Å². The number of nitrogens with one attached hydrogen (secondary N) is 1. The van der Waals surface area contributed by atoms with E-state index in [1.165, 1.54) is 25.3 Å². The molecule has 0 aliphatic heterocycles. The molecule has 1 aromatic carbocycles. The first-order valence-corrected chi connectivity index (χ1v) is 5.93. The van der Waals surface area contributed by atoms with Gasteiger partial charge in [-0.05, 0) is 6.92 Å². The van der Waals surface area contributed by atoms with Crippen LogP contribution in [0.3, 0.4) is 0 Å². The van der Waals surface area contributed by atoms with Crippen molar-refractivity contribution in [2.24, 2.45) is 0 Å². The highest BCUT2D eigenvalue weighted by Crippen LogP contribution is 2.34. The summed E-state index contributed by atoms with van der Waals surface area (Å²) in [5.41, 5.74) is -0.423. The molecule has 7 nitrogen and oxygen atoms in total. The number of nitro benzene ring substituents is 1. The Hall–Kier alpha value is -2.57. The van der Waals surface area contributed by atoms with Crippen molar-refractivity contribution in [1.82, 2.24) is 5.32 Å². The van der Waals surface area contributed by atoms with E-state index in [1.807, 2.05) is 0 Å². The minimum Gasteiger partial charge on any atom is -0.493 e. The van der Waals surface area contributed by atoms with Crippen molar-refractivity contribution in [3.63, 3.8) is 0 Å². The Balaban J connectivity index is 3.30. The molecule has 108 valence electrons. The van der Waals surface area contributed by atoms with E-state index in [0.717, 1.165) is 0 Å². The molecule has 0 fully saturated rings. The number of benzene rings is 1. The van der Waals surface area contributed by atoms with Crippen LogP contribution >= 0.6 is 0 Å². The molecule has 0 atom stereocenters. The molecule has 20 heavy (non-hydrogen) atoms. The normalized spacial score (nSPS) is 9.70. The number of methoxy groups -OCH3 is 1. The summed E-state index contributed by atoms with van der Waals surface area (Å²) in [5, 5.41) is 13.5. The quantitative estimate of drug-likeness (QED) is 0.468. The van der Waals surface area contributed by atoms with Crippen molar-refractivity contribution in [2.75, 3.05) is 20.3 Å². The number of carbonyl (C=O) groups excluding carboxylic acids is 1. The minimum absolute atomic E-state index is 0.0823. The summed E-state index contributed by atoms with van der Waals surface area (Å²) >= 11 is 0. The Labute approximate surface area is 116 Å². The molecule has 1 aromatic rings. The van der Waals surface area contributed by atoms with Crippen LogP contribution in [0.25, 0.3) is 0 Å². The monoisotopic (exact) mass is 280 g/mol. The number of nitrogens with zero attached hydrogens (tertiary/aromatic N) is 1. The Bertz CT molecular complexity index is 528. The van der Waals surface area contributed by atoms with E-state index in [1.54, 1.807) is 6.92 Å². The molecule has 0 aromatic heterocycles. The second-order valence-electron chi connectivity index (χ2n) is 3.71. The van der Waals surface area contributed by atoms with Gasteiger partial charge in [-0.2, -0.15) is 0 Å². The molecule has 0 saturated heterocycles. The van der Waals surface area contributed by atoms with Gasteiger partial charge in [-0.25, -0.2) is 0 Å². The highest BCUT2D eigenvalue weighted by molar-refractivity contribution is 5.99. The number of amides is 1. The van der Waals surface area contributed by atoms with Gasteiger partial charge in [0.1, 0.15) is 5.56 Å². The third kappa shape index (κ3) is 3.47. The molecule has 1 amide bonds. The molecule has 0 radical (unpaired) electrons. The van der Waals surface area contributed by atoms with Gasteiger partial charge in [-0.15, -0.1) is 6.58 Å². The highest BCUT2D eigenvalue weighted by Gasteiger charge is 2.24. The average Bonchev–Trinajstić information content (AvgIpc) is 2.44. The van der Waals surface area contributed by atoms with Crippen molar-refractivity contribution in [3.05, 3.63) is 40.5 Å². The van der Waals surface area contributed by atoms with E-state index in [9.17, 15) is 14.9 Å². The van der Waals surface area contributed by atoms with Crippen molar-refractivity contribution < 1.29 is 19.2 Å². The number of ether oxygens (including phenoxy) is 2. The number of carbonyl (C=O) groups is 1. The lowest BCUT2D eigenvalue weighted by Crippen LogP contribution is -2.24. The Morgan fingerprint density at radius 3 is 2.70 bits per heavy atom. The summed E-state index contributed by atoms with van der Waals surface area (Å²) in [6, 6.07) is 2.48. The van der Waals surface area contributed by atoms with E-state index in [0.29, 0.717) is 6.61 Å². The molecule has 0 bridgehead atoms. The number of hydrogen-bond donors (Lipinski definition) is 1. The SMILES string of the molecule is C=CCNC(=O)c1cc(OCC)c(OC)cc1[N+](=O)[O-]. The van der Waals surface area contributed by atoms with Gasteiger partial charge in [0, 0.05) is 12.6 Å². The molecule has 0 aliphatic rings. The lowest BCUT2D eigenvalue weighted by atomic mass is 10.1. The van der Waals surface area contributed by atoms with Crippen molar-refractivity contribution in [1.29, 1.82) is 0 Å². The summed E-state index contributed by atoms with van der Waals surface area (Å²) < 4.78 is 10.3. The van der Waals surface area contributed by atoms with Crippen LogP contribution in [-0.4, -0.2) is 31.1 Å². The van der Waals surface area contributed by atoms with E-state index in [-0.39, 0.29) is 29.3 Å². The first-order chi connectivity index (χ1) is 9.54. The lowest BCUT2D eigenvalue weighted by molar-refractivity contribution is -0.385. The molecule has 0 unspecified atom stereocenters. The van der Waals surface area contributed by atoms with Crippen LogP contribution in [0, 0.1) is 10.1 Å². The van der Waals surface area contributed by atoms with Gasteiger partial charge in [0.25, 0.3) is 11.6 Å². The van der Waals surface area contributed by atoms with Crippen LogP contribution in [-0.2, 0) is 0 Å². The maximum absolute atomic E-state index is 11.9. The van der Waals surface area contributed by atoms with Crippen LogP contribution < -0.4 is 14.8 Å². The lowest BCUT2D eigenvalue weighted by Gasteiger charge is -2.11. The maximum atomic E-state index is 11.9. The van der Waals surface area contributed by atoms with Gasteiger partial charge in [-0.1, -0.05) is 6.08 Å². The van der Waals surface area contributed by atoms with Gasteiger partial charge in [0.05, 0.1) is 24.7 Å². The number of nitro groups is 1. The fourth-order valence-corrected chi connectivity index (χ4v) is 1.57. The van der Waals surface area contributed by atoms with Crippen LogP contribution in [0.2, 0.25) is 0 Å². The zero-order chi connectivity index (χ0) is 15.1. The van der Waals surface area contributed by atoms with Crippen LogP contribution in [0.4, 0.5) is 5.69 Å². The molecule has 0 aliphatic carbocycles. The molecule has 0 spiro atoms. The predicted octanol–water partition coefficient (Wildman–Crippen LogP) is 1.92. The molecule has 1 rings (SSSR count). The van der Waals surface area contributed by atoms with Crippen LogP contribution in [0.5, 0.6) is 11.5 Å². The van der Waals surface area contributed by atoms with E-state index in [2.05, 4.69) is 11.9 Å². The zero-order valence-electron chi connectivity index (χ0n) is 11.3. The standard InChI is InChI=1S/C13H16N2O5/c1-4-6-14-13(16)9-7-12(20-5-2)11(19-3)8-10(9)15(17)18/h4,7-8H,1,5-6H2,2-3H3,(H,14,16). The highest BCUT2D eigenvalue weighted by atomic mass is 16.6. The van der Waals surface area contributed by atoms with Crippen molar-refractivity contribution >= 4 is 11.6 Å². The zero-order valence-corrected chi connectivity index (χ0v) is 11.3. The van der Waals surface area contributed by atoms with E-state index >= 15 is 0 Å². The van der Waals surface area contributed by atoms with Gasteiger partial charge in [0.15, 0.2) is 11.5 Å². The average molecular weight is 280 g/mol. The largest absolute Gasteiger partial charge is 0.493 e. The first kappa shape index (κ1) is 15.5. The molecular formula is C13H16N2O5. The summed E-state index contributed by atoms with van der Waals surface area (Å²) in [7, 11) is 1.37. The Morgan fingerprint density at radius 1 is 1.50 bits per heavy atom. The molecule has 7 heteroatoms. The van der Waals surface area contributed by atoms with Crippen LogP contribution in [0.1, 0.15) is 17.3 Å². The summed E-state index contributed by atoms with van der Waals surface area (Å²) in [6.07, 6.45) is 1.48. The van der Waals surface area contributed by atoms with Gasteiger partial charge >= 0.3 is 0 Å². The van der Waals surface area contributed by atoms with Crippen molar-refractivity contribution in [3.8, 4) is 11.5 Å². The minimum atomic E-state index is -0.638. The third-order valence-electron chi connectivity index (χ3n) is 2.43. The number of hydrogen-bond acceptors (Lipinski definition) is 5. The molecule has 1 N–H and O–H groups in total. The summed E-state index contributed by atoms with van der Waals surface area (Å²) in [5.74, 6) is -0.0802. The topological polar surface area (TPSA) is 90.7 Å². The number of rotatable bonds is 7. The maximum Gasteiger partial charge on any atom is 0.286 e. The van der Waals surface area contributed by atoms with E-state index in [4.69, 9.17) is 9.47 Å². The molecule has 0 saturated carbocycles. The predicted molar refractivity (Wildman–Crippen MR) is 73.3 cm³/mol. The fraction of sp³-hybridized carbons (Fsp3) is 0.308. The molecular weight excluding hydrogens is 264 g/mol. The first-order valence-electron chi connectivity index (χ1n) is 5.93. The van der Waals surface area contributed by atoms with Gasteiger partial charge in [0.2, 0.25) is 0 Å².